The minimum absolute atomic E-state index is 0.0992. The lowest BCUT2D eigenvalue weighted by molar-refractivity contribution is -0.142. The van der Waals surface area contributed by atoms with E-state index >= 15 is 0 Å². The molecule has 3 aliphatic rings. The van der Waals surface area contributed by atoms with Crippen molar-refractivity contribution in [3.05, 3.63) is 34.9 Å². The molecular weight excluding hydrogens is 312 g/mol. The molecule has 1 aromatic rings. The van der Waals surface area contributed by atoms with E-state index in [1.165, 1.54) is 5.56 Å². The van der Waals surface area contributed by atoms with Crippen molar-refractivity contribution in [2.45, 2.75) is 37.1 Å². The van der Waals surface area contributed by atoms with Crippen LogP contribution in [-0.4, -0.2) is 42.8 Å². The van der Waals surface area contributed by atoms with Crippen molar-refractivity contribution < 1.29 is 9.53 Å². The Bertz CT molecular complexity index is 567. The van der Waals surface area contributed by atoms with Crippen LogP contribution in [0, 0.1) is 5.92 Å². The number of nitrogens with one attached hydrogen (secondary N) is 1. The Hall–Kier alpha value is -1.10. The summed E-state index contributed by atoms with van der Waals surface area (Å²) in [7, 11) is 0. The summed E-state index contributed by atoms with van der Waals surface area (Å²) in [6.07, 6.45) is 3.96. The van der Waals surface area contributed by atoms with E-state index in [1.807, 2.05) is 12.1 Å². The van der Waals surface area contributed by atoms with E-state index in [9.17, 15) is 4.79 Å². The van der Waals surface area contributed by atoms with Gasteiger partial charge in [0.05, 0.1) is 13.3 Å². The quantitative estimate of drug-likeness (QED) is 0.904. The normalized spacial score (nSPS) is 31.3. The summed E-state index contributed by atoms with van der Waals surface area (Å²) in [6, 6.07) is 8.15. The fourth-order valence-electron chi connectivity index (χ4n) is 4.25. The molecule has 1 aliphatic carbocycles. The molecule has 2 saturated heterocycles. The van der Waals surface area contributed by atoms with Crippen LogP contribution in [0.3, 0.4) is 0 Å². The number of likely N-dealkylation sites (tertiary alicyclic amines) is 1. The zero-order valence-corrected chi connectivity index (χ0v) is 14.0. The van der Waals surface area contributed by atoms with Gasteiger partial charge in [-0.2, -0.15) is 0 Å². The molecule has 0 unspecified atom stereocenters. The first-order valence-corrected chi connectivity index (χ1v) is 8.90. The largest absolute Gasteiger partial charge is 0.364 e. The predicted octanol–water partition coefficient (Wildman–Crippen LogP) is 2.77. The zero-order valence-electron chi connectivity index (χ0n) is 13.3. The first-order valence-electron chi connectivity index (χ1n) is 8.52. The Kier molecular flexibility index (Phi) is 4.08. The standard InChI is InChI=1S/C18H23ClN2O2/c19-16-3-1-13(2-4-16)14-5-7-21(8-6-14)17(22)15-9-18(10-15)11-23-12-20-18/h1-4,14-15,20H,5-12H2. The van der Waals surface area contributed by atoms with E-state index in [4.69, 9.17) is 16.3 Å². The molecule has 5 heteroatoms. The van der Waals surface area contributed by atoms with Crippen molar-refractivity contribution in [2.24, 2.45) is 5.92 Å². The number of piperidine rings is 1. The second kappa shape index (κ2) is 6.08. The van der Waals surface area contributed by atoms with Crippen molar-refractivity contribution in [3.8, 4) is 0 Å². The fraction of sp³-hybridized carbons (Fsp3) is 0.611. The molecule has 23 heavy (non-hydrogen) atoms. The number of amides is 1. The van der Waals surface area contributed by atoms with Crippen LogP contribution in [-0.2, 0) is 9.53 Å². The topological polar surface area (TPSA) is 41.6 Å². The van der Waals surface area contributed by atoms with Crippen LogP contribution >= 0.6 is 11.6 Å². The predicted molar refractivity (Wildman–Crippen MR) is 89.4 cm³/mol. The average Bonchev–Trinajstić information content (AvgIpc) is 3.04. The lowest BCUT2D eigenvalue weighted by Gasteiger charge is -2.45. The lowest BCUT2D eigenvalue weighted by Crippen LogP contribution is -2.58. The monoisotopic (exact) mass is 334 g/mol. The van der Waals surface area contributed by atoms with Gasteiger partial charge in [0.1, 0.15) is 0 Å². The third-order valence-electron chi connectivity index (χ3n) is 5.70. The van der Waals surface area contributed by atoms with Gasteiger partial charge >= 0.3 is 0 Å². The number of halogens is 1. The second-order valence-corrected chi connectivity index (χ2v) is 7.64. The van der Waals surface area contributed by atoms with E-state index in [2.05, 4.69) is 22.3 Å². The van der Waals surface area contributed by atoms with Crippen molar-refractivity contribution in [1.29, 1.82) is 0 Å². The molecule has 0 aromatic heterocycles. The Balaban J connectivity index is 1.29. The Morgan fingerprint density at radius 2 is 1.91 bits per heavy atom. The summed E-state index contributed by atoms with van der Waals surface area (Å²) in [5.41, 5.74) is 1.44. The second-order valence-electron chi connectivity index (χ2n) is 7.21. The molecule has 1 saturated carbocycles. The molecule has 1 aromatic carbocycles. The Morgan fingerprint density at radius 1 is 1.22 bits per heavy atom. The van der Waals surface area contributed by atoms with Crippen LogP contribution in [0.5, 0.6) is 0 Å². The van der Waals surface area contributed by atoms with E-state index in [0.717, 1.165) is 50.4 Å². The van der Waals surface area contributed by atoms with E-state index in [-0.39, 0.29) is 11.5 Å². The average molecular weight is 335 g/mol. The number of hydrogen-bond donors (Lipinski definition) is 1. The van der Waals surface area contributed by atoms with Crippen LogP contribution in [0.15, 0.2) is 24.3 Å². The molecule has 4 nitrogen and oxygen atoms in total. The number of carbonyl (C=O) groups excluding carboxylic acids is 1. The van der Waals surface area contributed by atoms with Crippen LogP contribution in [0.25, 0.3) is 0 Å². The van der Waals surface area contributed by atoms with Gasteiger partial charge in [-0.3, -0.25) is 10.1 Å². The smallest absolute Gasteiger partial charge is 0.225 e. The maximum atomic E-state index is 12.6. The zero-order chi connectivity index (χ0) is 15.9. The van der Waals surface area contributed by atoms with Crippen molar-refractivity contribution in [2.75, 3.05) is 26.4 Å². The van der Waals surface area contributed by atoms with Gasteiger partial charge in [0.15, 0.2) is 0 Å². The minimum Gasteiger partial charge on any atom is -0.364 e. The van der Waals surface area contributed by atoms with E-state index in [1.54, 1.807) is 0 Å². The maximum Gasteiger partial charge on any atom is 0.225 e. The number of nitrogens with zero attached hydrogens (tertiary/aromatic N) is 1. The van der Waals surface area contributed by atoms with Gasteiger partial charge in [0.25, 0.3) is 0 Å². The first-order chi connectivity index (χ1) is 11.2. The highest BCUT2D eigenvalue weighted by molar-refractivity contribution is 6.30. The number of rotatable bonds is 2. The highest BCUT2D eigenvalue weighted by Gasteiger charge is 2.50. The maximum absolute atomic E-state index is 12.6. The molecule has 0 atom stereocenters. The molecule has 4 rings (SSSR count). The highest BCUT2D eigenvalue weighted by Crippen LogP contribution is 2.41. The van der Waals surface area contributed by atoms with Crippen molar-refractivity contribution in [3.63, 3.8) is 0 Å². The summed E-state index contributed by atoms with van der Waals surface area (Å²) in [5.74, 6) is 1.09. The van der Waals surface area contributed by atoms with E-state index in [0.29, 0.717) is 18.6 Å². The van der Waals surface area contributed by atoms with Gasteiger partial charge < -0.3 is 9.64 Å². The Morgan fingerprint density at radius 3 is 2.52 bits per heavy atom. The summed E-state index contributed by atoms with van der Waals surface area (Å²) in [6.45, 7) is 3.14. The lowest BCUT2D eigenvalue weighted by atomic mass is 9.68. The molecule has 3 fully saturated rings. The molecule has 2 aliphatic heterocycles. The van der Waals surface area contributed by atoms with Gasteiger partial charge in [0.2, 0.25) is 5.91 Å². The molecule has 124 valence electrons. The number of hydrogen-bond acceptors (Lipinski definition) is 3. The van der Waals surface area contributed by atoms with Crippen LogP contribution in [0.2, 0.25) is 5.02 Å². The summed E-state index contributed by atoms with van der Waals surface area (Å²) >= 11 is 5.96. The van der Waals surface area contributed by atoms with Crippen molar-refractivity contribution >= 4 is 17.5 Å². The minimum atomic E-state index is 0.0992. The Labute approximate surface area is 142 Å². The fourth-order valence-corrected chi connectivity index (χ4v) is 4.37. The molecule has 1 spiro atoms. The first kappa shape index (κ1) is 15.4. The summed E-state index contributed by atoms with van der Waals surface area (Å²) in [5, 5.41) is 4.17. The van der Waals surface area contributed by atoms with Crippen LogP contribution in [0.1, 0.15) is 37.2 Å². The van der Waals surface area contributed by atoms with Gasteiger partial charge in [0, 0.05) is 29.6 Å². The highest BCUT2D eigenvalue weighted by atomic mass is 35.5. The molecule has 0 radical (unpaired) electrons. The molecule has 1 amide bonds. The number of carbonyl (C=O) groups is 1. The number of ether oxygens (including phenoxy) is 1. The SMILES string of the molecule is O=C(C1CC2(COCN2)C1)N1CCC(c2ccc(Cl)cc2)CC1. The van der Waals surface area contributed by atoms with Gasteiger partial charge in [-0.15, -0.1) is 0 Å². The molecule has 1 N–H and O–H groups in total. The van der Waals surface area contributed by atoms with Crippen molar-refractivity contribution in [1.82, 2.24) is 10.2 Å². The molecular formula is C18H23ClN2O2. The third kappa shape index (κ3) is 3.00. The van der Waals surface area contributed by atoms with Gasteiger partial charge in [-0.25, -0.2) is 0 Å². The molecule has 2 heterocycles. The summed E-state index contributed by atoms with van der Waals surface area (Å²) < 4.78 is 5.40. The third-order valence-corrected chi connectivity index (χ3v) is 5.95. The van der Waals surface area contributed by atoms with E-state index < -0.39 is 0 Å². The number of benzene rings is 1. The summed E-state index contributed by atoms with van der Waals surface area (Å²) in [4.78, 5) is 14.7. The van der Waals surface area contributed by atoms with Gasteiger partial charge in [-0.1, -0.05) is 23.7 Å². The van der Waals surface area contributed by atoms with Crippen LogP contribution < -0.4 is 5.32 Å². The van der Waals surface area contributed by atoms with Crippen LogP contribution in [0.4, 0.5) is 0 Å². The van der Waals surface area contributed by atoms with Gasteiger partial charge in [-0.05, 0) is 49.3 Å². The molecule has 0 bridgehead atoms.